The summed E-state index contributed by atoms with van der Waals surface area (Å²) < 4.78 is 0. The molecule has 3 nitrogen and oxygen atoms in total. The van der Waals surface area contributed by atoms with Gasteiger partial charge in [0.2, 0.25) is 0 Å². The lowest BCUT2D eigenvalue weighted by molar-refractivity contribution is 0.337. The van der Waals surface area contributed by atoms with Crippen molar-refractivity contribution in [2.75, 3.05) is 19.3 Å². The van der Waals surface area contributed by atoms with Crippen molar-refractivity contribution in [1.82, 2.24) is 5.01 Å². The van der Waals surface area contributed by atoms with E-state index in [1.165, 1.54) is 23.3 Å². The van der Waals surface area contributed by atoms with Gasteiger partial charge in [0.1, 0.15) is 0 Å². The van der Waals surface area contributed by atoms with Gasteiger partial charge in [0.15, 0.2) is 0 Å². The van der Waals surface area contributed by atoms with Crippen LogP contribution in [0.4, 0.5) is 5.69 Å². The molecule has 0 bridgehead atoms. The summed E-state index contributed by atoms with van der Waals surface area (Å²) in [5.74, 6) is 0. The third kappa shape index (κ3) is 3.27. The van der Waals surface area contributed by atoms with Crippen molar-refractivity contribution >= 4 is 17.4 Å². The molecule has 108 valence electrons. The molecule has 0 unspecified atom stereocenters. The largest absolute Gasteiger partial charge is 0.278 e. The minimum Gasteiger partial charge on any atom is -0.278 e. The zero-order valence-corrected chi connectivity index (χ0v) is 13.0. The van der Waals surface area contributed by atoms with Crippen LogP contribution < -0.4 is 0 Å². The molecular formula is C17H19N3S. The Kier molecular flexibility index (Phi) is 4.55. The first-order valence-corrected chi connectivity index (χ1v) is 8.50. The smallest absolute Gasteiger partial charge is 0.0952 e. The van der Waals surface area contributed by atoms with Gasteiger partial charge in [-0.3, -0.25) is 5.01 Å². The highest BCUT2D eigenvalue weighted by molar-refractivity contribution is 7.98. The lowest BCUT2D eigenvalue weighted by Gasteiger charge is -2.11. The summed E-state index contributed by atoms with van der Waals surface area (Å²) >= 11 is 1.76. The van der Waals surface area contributed by atoms with E-state index >= 15 is 0 Å². The molecule has 1 heterocycles. The molecule has 0 aromatic heterocycles. The van der Waals surface area contributed by atoms with Crippen LogP contribution in [-0.4, -0.2) is 24.4 Å². The van der Waals surface area contributed by atoms with Crippen LogP contribution in [0.25, 0.3) is 11.1 Å². The topological polar surface area (TPSA) is 28.0 Å². The summed E-state index contributed by atoms with van der Waals surface area (Å²) in [6, 6.07) is 16.7. The van der Waals surface area contributed by atoms with Crippen LogP contribution in [0.1, 0.15) is 12.8 Å². The minimum absolute atomic E-state index is 0.936. The summed E-state index contributed by atoms with van der Waals surface area (Å²) in [5, 5.41) is 10.9. The SMILES string of the molecule is CSc1ccccc1-c1ccccc1N=NN1CCCC1. The van der Waals surface area contributed by atoms with Crippen molar-refractivity contribution < 1.29 is 0 Å². The van der Waals surface area contributed by atoms with Crippen LogP contribution in [0.15, 0.2) is 63.8 Å². The highest BCUT2D eigenvalue weighted by atomic mass is 32.2. The normalized spacial score (nSPS) is 15.0. The molecule has 3 rings (SSSR count). The van der Waals surface area contributed by atoms with Gasteiger partial charge in [0, 0.05) is 23.5 Å². The van der Waals surface area contributed by atoms with Gasteiger partial charge in [0.05, 0.1) is 5.69 Å². The van der Waals surface area contributed by atoms with E-state index in [0.717, 1.165) is 24.3 Å². The number of hydrogen-bond donors (Lipinski definition) is 0. The first-order chi connectivity index (χ1) is 10.4. The van der Waals surface area contributed by atoms with Crippen LogP contribution >= 0.6 is 11.8 Å². The van der Waals surface area contributed by atoms with Crippen LogP contribution in [0.5, 0.6) is 0 Å². The highest BCUT2D eigenvalue weighted by Gasteiger charge is 2.11. The van der Waals surface area contributed by atoms with Gasteiger partial charge in [-0.1, -0.05) is 41.6 Å². The minimum atomic E-state index is 0.936. The summed E-state index contributed by atoms with van der Waals surface area (Å²) in [6.07, 6.45) is 4.54. The number of thioether (sulfide) groups is 1. The maximum atomic E-state index is 4.48. The van der Waals surface area contributed by atoms with E-state index in [4.69, 9.17) is 0 Å². The van der Waals surface area contributed by atoms with Crippen LogP contribution in [-0.2, 0) is 0 Å². The second kappa shape index (κ2) is 6.76. The lowest BCUT2D eigenvalue weighted by Crippen LogP contribution is -2.09. The Morgan fingerprint density at radius 2 is 1.57 bits per heavy atom. The quantitative estimate of drug-likeness (QED) is 0.575. The summed E-state index contributed by atoms with van der Waals surface area (Å²) in [6.45, 7) is 2.04. The zero-order chi connectivity index (χ0) is 14.5. The van der Waals surface area contributed by atoms with Crippen molar-refractivity contribution in [3.05, 3.63) is 48.5 Å². The molecule has 21 heavy (non-hydrogen) atoms. The Bertz CT molecular complexity index is 633. The van der Waals surface area contributed by atoms with E-state index in [2.05, 4.69) is 58.0 Å². The van der Waals surface area contributed by atoms with Crippen LogP contribution in [0.3, 0.4) is 0 Å². The molecule has 0 amide bonds. The Morgan fingerprint density at radius 3 is 2.33 bits per heavy atom. The number of nitrogens with zero attached hydrogens (tertiary/aromatic N) is 3. The van der Waals surface area contributed by atoms with Gasteiger partial charge in [-0.2, -0.15) is 0 Å². The molecule has 2 aromatic carbocycles. The predicted molar refractivity (Wildman–Crippen MR) is 89.0 cm³/mol. The van der Waals surface area contributed by atoms with E-state index in [1.807, 2.05) is 12.1 Å². The summed E-state index contributed by atoms with van der Waals surface area (Å²) in [4.78, 5) is 1.27. The summed E-state index contributed by atoms with van der Waals surface area (Å²) in [7, 11) is 0. The van der Waals surface area contributed by atoms with E-state index in [-0.39, 0.29) is 0 Å². The molecule has 0 atom stereocenters. The molecular weight excluding hydrogens is 278 g/mol. The van der Waals surface area contributed by atoms with E-state index in [9.17, 15) is 0 Å². The molecule has 0 aliphatic carbocycles. The van der Waals surface area contributed by atoms with E-state index in [1.54, 1.807) is 11.8 Å². The average molecular weight is 297 g/mol. The summed E-state index contributed by atoms with van der Waals surface area (Å²) in [5.41, 5.74) is 3.30. The van der Waals surface area contributed by atoms with Gasteiger partial charge >= 0.3 is 0 Å². The average Bonchev–Trinajstić information content (AvgIpc) is 3.06. The van der Waals surface area contributed by atoms with E-state index in [0.29, 0.717) is 0 Å². The molecule has 1 aliphatic rings. The molecule has 0 spiro atoms. The Balaban J connectivity index is 1.95. The molecule has 0 radical (unpaired) electrons. The number of benzene rings is 2. The molecule has 1 saturated heterocycles. The fraction of sp³-hybridized carbons (Fsp3) is 0.294. The van der Waals surface area contributed by atoms with Crippen molar-refractivity contribution in [2.24, 2.45) is 10.3 Å². The number of rotatable bonds is 4. The van der Waals surface area contributed by atoms with Crippen LogP contribution in [0.2, 0.25) is 0 Å². The van der Waals surface area contributed by atoms with Gasteiger partial charge in [-0.05, 0) is 36.8 Å². The Hall–Kier alpha value is -1.81. The standard InChI is InChI=1S/C17H19N3S/c1-21-17-11-5-3-9-15(17)14-8-2-4-10-16(14)18-19-20-12-6-7-13-20/h2-5,8-11H,6-7,12-13H2,1H3. The first-order valence-electron chi connectivity index (χ1n) is 7.27. The van der Waals surface area contributed by atoms with Gasteiger partial charge in [0.25, 0.3) is 0 Å². The van der Waals surface area contributed by atoms with Crippen molar-refractivity contribution in [3.63, 3.8) is 0 Å². The fourth-order valence-corrected chi connectivity index (χ4v) is 3.17. The monoisotopic (exact) mass is 297 g/mol. The second-order valence-electron chi connectivity index (χ2n) is 5.07. The molecule has 2 aromatic rings. The van der Waals surface area contributed by atoms with Crippen molar-refractivity contribution in [1.29, 1.82) is 0 Å². The lowest BCUT2D eigenvalue weighted by atomic mass is 10.0. The molecule has 1 aliphatic heterocycles. The van der Waals surface area contributed by atoms with Gasteiger partial charge in [-0.25, -0.2) is 0 Å². The second-order valence-corrected chi connectivity index (χ2v) is 5.92. The van der Waals surface area contributed by atoms with Crippen molar-refractivity contribution in [2.45, 2.75) is 17.7 Å². The first kappa shape index (κ1) is 14.1. The Labute approximate surface area is 130 Å². The predicted octanol–water partition coefficient (Wildman–Crippen LogP) is 5.17. The van der Waals surface area contributed by atoms with Crippen LogP contribution in [0, 0.1) is 0 Å². The molecule has 0 saturated carbocycles. The molecule has 4 heteroatoms. The fourth-order valence-electron chi connectivity index (χ4n) is 2.56. The van der Waals surface area contributed by atoms with Crippen molar-refractivity contribution in [3.8, 4) is 11.1 Å². The highest BCUT2D eigenvalue weighted by Crippen LogP contribution is 2.36. The third-order valence-electron chi connectivity index (χ3n) is 3.66. The third-order valence-corrected chi connectivity index (χ3v) is 4.46. The molecule has 1 fully saturated rings. The number of hydrogen-bond acceptors (Lipinski definition) is 3. The van der Waals surface area contributed by atoms with E-state index < -0.39 is 0 Å². The van der Waals surface area contributed by atoms with Gasteiger partial charge < -0.3 is 0 Å². The van der Waals surface area contributed by atoms with Gasteiger partial charge in [-0.15, -0.1) is 16.9 Å². The molecule has 0 N–H and O–H groups in total. The Morgan fingerprint density at radius 1 is 0.905 bits per heavy atom. The zero-order valence-electron chi connectivity index (χ0n) is 12.2. The maximum absolute atomic E-state index is 4.48. The maximum Gasteiger partial charge on any atom is 0.0952 e.